The highest BCUT2D eigenvalue weighted by molar-refractivity contribution is 7.89. The van der Waals surface area contributed by atoms with Crippen LogP contribution in [-0.2, 0) is 14.8 Å². The zero-order valence-corrected chi connectivity index (χ0v) is 10.5. The van der Waals surface area contributed by atoms with E-state index in [4.69, 9.17) is 22.1 Å². The Morgan fingerprint density at radius 3 is 2.71 bits per heavy atom. The summed E-state index contributed by atoms with van der Waals surface area (Å²) in [5, 5.41) is 0.242. The van der Waals surface area contributed by atoms with E-state index < -0.39 is 10.0 Å². The van der Waals surface area contributed by atoms with Crippen LogP contribution in [0.1, 0.15) is 0 Å². The molecule has 0 radical (unpaired) electrons. The first-order chi connectivity index (χ1) is 8.01. The fourth-order valence-electron chi connectivity index (χ4n) is 1.56. The topological polar surface area (TPSA) is 85.5 Å². The maximum atomic E-state index is 12.3. The number of sulfonamides is 1. The number of nitrogens with two attached hydrogens (primary N) is 1. The molecule has 6 nitrogen and oxygen atoms in total. The molecule has 1 aliphatic rings. The van der Waals surface area contributed by atoms with Gasteiger partial charge in [-0.05, 0) is 6.07 Å². The van der Waals surface area contributed by atoms with E-state index in [1.165, 1.54) is 16.6 Å². The van der Waals surface area contributed by atoms with Crippen LogP contribution >= 0.6 is 11.6 Å². The molecule has 0 bridgehead atoms. The number of aromatic nitrogens is 1. The summed E-state index contributed by atoms with van der Waals surface area (Å²) in [5.41, 5.74) is 5.58. The molecule has 0 spiro atoms. The lowest BCUT2D eigenvalue weighted by Crippen LogP contribution is -2.40. The molecule has 2 heterocycles. The highest BCUT2D eigenvalue weighted by Crippen LogP contribution is 2.24. The predicted molar refractivity (Wildman–Crippen MR) is 63.2 cm³/mol. The lowest BCUT2D eigenvalue weighted by molar-refractivity contribution is 0.0730. The zero-order valence-electron chi connectivity index (χ0n) is 8.97. The molecule has 2 N–H and O–H groups in total. The van der Waals surface area contributed by atoms with Gasteiger partial charge in [0.15, 0.2) is 0 Å². The van der Waals surface area contributed by atoms with Gasteiger partial charge in [0.1, 0.15) is 10.7 Å². The van der Waals surface area contributed by atoms with Gasteiger partial charge in [-0.3, -0.25) is 0 Å². The molecule has 1 saturated heterocycles. The largest absolute Gasteiger partial charge is 0.383 e. The van der Waals surface area contributed by atoms with E-state index in [1.807, 2.05) is 0 Å². The lowest BCUT2D eigenvalue weighted by atomic mass is 10.5. The molecule has 0 atom stereocenters. The van der Waals surface area contributed by atoms with Gasteiger partial charge in [0.05, 0.1) is 18.2 Å². The van der Waals surface area contributed by atoms with Crippen LogP contribution in [0.25, 0.3) is 0 Å². The van der Waals surface area contributed by atoms with Gasteiger partial charge in [-0.2, -0.15) is 4.31 Å². The number of morpholine rings is 1. The summed E-state index contributed by atoms with van der Waals surface area (Å²) in [7, 11) is -3.63. The Bertz CT molecular complexity index is 514. The highest BCUT2D eigenvalue weighted by atomic mass is 35.5. The Labute approximate surface area is 104 Å². The Morgan fingerprint density at radius 2 is 2.06 bits per heavy atom. The summed E-state index contributed by atoms with van der Waals surface area (Å²) >= 11 is 5.74. The maximum absolute atomic E-state index is 12.3. The second-order valence-electron chi connectivity index (χ2n) is 3.55. The molecule has 2 rings (SSSR count). The van der Waals surface area contributed by atoms with Crippen LogP contribution in [0.5, 0.6) is 0 Å². The van der Waals surface area contributed by atoms with Crippen LogP contribution in [0.2, 0.25) is 5.02 Å². The summed E-state index contributed by atoms with van der Waals surface area (Å²) in [4.78, 5) is 3.70. The van der Waals surface area contributed by atoms with Gasteiger partial charge in [0.25, 0.3) is 0 Å². The molecular weight excluding hydrogens is 266 g/mol. The Balaban J connectivity index is 2.40. The van der Waals surface area contributed by atoms with Crippen molar-refractivity contribution in [3.05, 3.63) is 17.3 Å². The summed E-state index contributed by atoms with van der Waals surface area (Å²) in [5.74, 6) is -0.0408. The molecule has 0 aromatic carbocycles. The summed E-state index contributed by atoms with van der Waals surface area (Å²) < 4.78 is 30.9. The molecule has 94 valence electrons. The van der Waals surface area contributed by atoms with E-state index in [0.29, 0.717) is 26.3 Å². The van der Waals surface area contributed by atoms with Crippen LogP contribution < -0.4 is 5.73 Å². The smallest absolute Gasteiger partial charge is 0.246 e. The first-order valence-electron chi connectivity index (χ1n) is 5.01. The van der Waals surface area contributed by atoms with Crippen LogP contribution in [0, 0.1) is 0 Å². The van der Waals surface area contributed by atoms with E-state index in [2.05, 4.69) is 4.98 Å². The molecule has 0 saturated carbocycles. The highest BCUT2D eigenvalue weighted by Gasteiger charge is 2.28. The average Bonchev–Trinajstić information content (AvgIpc) is 2.33. The fourth-order valence-corrected chi connectivity index (χ4v) is 3.29. The third kappa shape index (κ3) is 2.52. The average molecular weight is 278 g/mol. The monoisotopic (exact) mass is 277 g/mol. The van der Waals surface area contributed by atoms with Crippen molar-refractivity contribution in [1.29, 1.82) is 0 Å². The first kappa shape index (κ1) is 12.6. The van der Waals surface area contributed by atoms with Crippen molar-refractivity contribution in [2.24, 2.45) is 0 Å². The maximum Gasteiger partial charge on any atom is 0.246 e. The van der Waals surface area contributed by atoms with Crippen molar-refractivity contribution in [2.75, 3.05) is 32.0 Å². The third-order valence-corrected chi connectivity index (χ3v) is 4.57. The van der Waals surface area contributed by atoms with E-state index in [0.717, 1.165) is 0 Å². The summed E-state index contributed by atoms with van der Waals surface area (Å²) in [6.45, 7) is 1.39. The number of anilines is 1. The molecule has 1 fully saturated rings. The molecule has 1 aromatic rings. The van der Waals surface area contributed by atoms with Crippen molar-refractivity contribution in [1.82, 2.24) is 9.29 Å². The number of pyridine rings is 1. The van der Waals surface area contributed by atoms with Crippen molar-refractivity contribution < 1.29 is 13.2 Å². The van der Waals surface area contributed by atoms with E-state index in [9.17, 15) is 8.42 Å². The van der Waals surface area contributed by atoms with Gasteiger partial charge in [-0.15, -0.1) is 0 Å². The quantitative estimate of drug-likeness (QED) is 0.842. The molecular formula is C9H12ClN3O3S. The lowest BCUT2D eigenvalue weighted by Gasteiger charge is -2.26. The second kappa shape index (κ2) is 4.77. The van der Waals surface area contributed by atoms with Crippen molar-refractivity contribution in [3.63, 3.8) is 0 Å². The van der Waals surface area contributed by atoms with Crippen LogP contribution in [0.15, 0.2) is 17.2 Å². The molecule has 0 amide bonds. The van der Waals surface area contributed by atoms with Gasteiger partial charge in [0, 0.05) is 19.3 Å². The number of rotatable bonds is 2. The Kier molecular flexibility index (Phi) is 3.53. The van der Waals surface area contributed by atoms with Crippen LogP contribution in [0.3, 0.4) is 0 Å². The van der Waals surface area contributed by atoms with E-state index in [1.54, 1.807) is 0 Å². The predicted octanol–water partition coefficient (Wildman–Crippen LogP) is 0.338. The number of nitrogen functional groups attached to an aromatic ring is 1. The minimum absolute atomic E-state index is 0.0408. The number of halogens is 1. The third-order valence-electron chi connectivity index (χ3n) is 2.44. The van der Waals surface area contributed by atoms with Gasteiger partial charge >= 0.3 is 0 Å². The Morgan fingerprint density at radius 1 is 1.41 bits per heavy atom. The number of hydrogen-bond acceptors (Lipinski definition) is 5. The molecule has 0 aliphatic carbocycles. The standard InChI is InChI=1S/C9H12ClN3O3S/c10-7-5-8(9(11)12-6-7)17(14,15)13-1-3-16-4-2-13/h5-6H,1-4H2,(H2,11,12). The second-order valence-corrected chi connectivity index (χ2v) is 5.90. The van der Waals surface area contributed by atoms with Gasteiger partial charge in [0.2, 0.25) is 10.0 Å². The van der Waals surface area contributed by atoms with Crippen molar-refractivity contribution >= 4 is 27.4 Å². The molecule has 1 aromatic heterocycles. The minimum Gasteiger partial charge on any atom is -0.383 e. The Hall–Kier alpha value is -0.890. The van der Waals surface area contributed by atoms with Gasteiger partial charge in [-0.1, -0.05) is 11.6 Å². The zero-order chi connectivity index (χ0) is 12.5. The fraction of sp³-hybridized carbons (Fsp3) is 0.444. The van der Waals surface area contributed by atoms with Crippen LogP contribution in [0.4, 0.5) is 5.82 Å². The molecule has 1 aliphatic heterocycles. The number of nitrogens with zero attached hydrogens (tertiary/aromatic N) is 2. The SMILES string of the molecule is Nc1ncc(Cl)cc1S(=O)(=O)N1CCOCC1. The summed E-state index contributed by atoms with van der Waals surface area (Å²) in [6.07, 6.45) is 1.31. The van der Waals surface area contributed by atoms with Crippen molar-refractivity contribution in [3.8, 4) is 0 Å². The number of ether oxygens (including phenoxy) is 1. The summed E-state index contributed by atoms with van der Waals surface area (Å²) in [6, 6.07) is 1.31. The molecule has 8 heteroatoms. The van der Waals surface area contributed by atoms with Gasteiger partial charge in [-0.25, -0.2) is 13.4 Å². The normalized spacial score (nSPS) is 18.2. The van der Waals surface area contributed by atoms with E-state index >= 15 is 0 Å². The van der Waals surface area contributed by atoms with Gasteiger partial charge < -0.3 is 10.5 Å². The number of hydrogen-bond donors (Lipinski definition) is 1. The minimum atomic E-state index is -3.63. The molecule has 17 heavy (non-hydrogen) atoms. The molecule has 0 unspecified atom stereocenters. The van der Waals surface area contributed by atoms with Crippen molar-refractivity contribution in [2.45, 2.75) is 4.90 Å². The first-order valence-corrected chi connectivity index (χ1v) is 6.82. The van der Waals surface area contributed by atoms with Crippen LogP contribution in [-0.4, -0.2) is 44.0 Å². The van der Waals surface area contributed by atoms with E-state index in [-0.39, 0.29) is 15.7 Å².